The summed E-state index contributed by atoms with van der Waals surface area (Å²) in [6, 6.07) is 12.2. The molecular weight excluding hydrogens is 412 g/mol. The van der Waals surface area contributed by atoms with E-state index in [-0.39, 0.29) is 12.5 Å². The van der Waals surface area contributed by atoms with Crippen LogP contribution in [0.5, 0.6) is 5.75 Å². The Morgan fingerprint density at radius 3 is 2.58 bits per heavy atom. The molecule has 0 bridgehead atoms. The van der Waals surface area contributed by atoms with Gasteiger partial charge < -0.3 is 19.1 Å². The number of aliphatic imine (C=N–C) groups is 1. The zero-order chi connectivity index (χ0) is 22.0. The Hall–Kier alpha value is -2.34. The van der Waals surface area contributed by atoms with E-state index in [4.69, 9.17) is 21.1 Å². The fraction of sp³-hybridized carbons (Fsp3) is 0.400. The number of aryl methyl sites for hydroxylation is 1. The van der Waals surface area contributed by atoms with Crippen molar-refractivity contribution in [3.05, 3.63) is 63.7 Å². The molecule has 5 nitrogen and oxygen atoms in total. The molecule has 1 saturated heterocycles. The second-order valence-corrected chi connectivity index (χ2v) is 9.40. The maximum Gasteiger partial charge on any atom is 0.130 e. The molecule has 2 aromatic rings. The van der Waals surface area contributed by atoms with Crippen molar-refractivity contribution in [3.63, 3.8) is 0 Å². The molecule has 2 aliphatic heterocycles. The van der Waals surface area contributed by atoms with Crippen LogP contribution in [0.15, 0.2) is 47.0 Å². The van der Waals surface area contributed by atoms with Gasteiger partial charge in [0.1, 0.15) is 18.9 Å². The fourth-order valence-electron chi connectivity index (χ4n) is 4.41. The number of halogens is 1. The summed E-state index contributed by atoms with van der Waals surface area (Å²) in [5.41, 5.74) is 4.19. The molecule has 2 aromatic carbocycles. The van der Waals surface area contributed by atoms with E-state index in [2.05, 4.69) is 31.2 Å². The molecule has 2 aliphatic rings. The second kappa shape index (κ2) is 9.03. The SMILES string of the molecule is Cc1cc(Cl)cc2c1OCC(C([O-])=Nc1ccc(C[N+](C)(C)C3CCOCC3)cc1)=C2. The van der Waals surface area contributed by atoms with E-state index in [9.17, 15) is 5.11 Å². The highest BCUT2D eigenvalue weighted by atomic mass is 35.5. The van der Waals surface area contributed by atoms with E-state index in [1.807, 2.05) is 37.3 Å². The third-order valence-corrected chi connectivity index (χ3v) is 6.40. The number of hydrogen-bond donors (Lipinski definition) is 0. The van der Waals surface area contributed by atoms with Crippen molar-refractivity contribution in [2.24, 2.45) is 4.99 Å². The van der Waals surface area contributed by atoms with Crippen molar-refractivity contribution in [2.75, 3.05) is 33.9 Å². The van der Waals surface area contributed by atoms with Crippen molar-refractivity contribution < 1.29 is 19.1 Å². The normalized spacial score (nSPS) is 17.7. The Morgan fingerprint density at radius 2 is 1.87 bits per heavy atom. The van der Waals surface area contributed by atoms with Gasteiger partial charge in [0.05, 0.1) is 39.0 Å². The smallest absolute Gasteiger partial charge is 0.130 e. The Morgan fingerprint density at radius 1 is 1.16 bits per heavy atom. The molecule has 0 aliphatic carbocycles. The maximum absolute atomic E-state index is 12.7. The first-order chi connectivity index (χ1) is 14.8. The Balaban J connectivity index is 1.47. The molecule has 0 N–H and O–H groups in total. The van der Waals surface area contributed by atoms with Crippen LogP contribution in [-0.2, 0) is 11.3 Å². The standard InChI is InChI=1S/C25H29ClN2O3/c1-17-12-21(26)14-19-13-20(16-31-24(17)19)25(29)27-22-6-4-18(5-7-22)15-28(2,3)23-8-10-30-11-9-23/h4-7,12-14,23H,8-11,15-16H2,1-3H3. The number of nitrogens with zero attached hydrogens (tertiary/aromatic N) is 2. The predicted molar refractivity (Wildman–Crippen MR) is 123 cm³/mol. The van der Waals surface area contributed by atoms with E-state index < -0.39 is 0 Å². The van der Waals surface area contributed by atoms with Gasteiger partial charge in [-0.25, -0.2) is 0 Å². The van der Waals surface area contributed by atoms with Gasteiger partial charge in [0.25, 0.3) is 0 Å². The maximum atomic E-state index is 12.7. The average molecular weight is 441 g/mol. The Labute approximate surface area is 189 Å². The number of quaternary nitrogens is 1. The van der Waals surface area contributed by atoms with Crippen LogP contribution in [0.1, 0.15) is 29.5 Å². The topological polar surface area (TPSA) is 53.9 Å². The summed E-state index contributed by atoms with van der Waals surface area (Å²) in [5, 5.41) is 13.3. The van der Waals surface area contributed by atoms with E-state index in [0.29, 0.717) is 22.3 Å². The molecule has 0 amide bonds. The molecular formula is C25H29ClN2O3. The van der Waals surface area contributed by atoms with Crippen molar-refractivity contribution >= 4 is 29.3 Å². The van der Waals surface area contributed by atoms with Crippen molar-refractivity contribution in [3.8, 4) is 5.75 Å². The number of benzene rings is 2. The van der Waals surface area contributed by atoms with Crippen LogP contribution < -0.4 is 9.84 Å². The minimum atomic E-state index is -0.283. The molecule has 2 heterocycles. The van der Waals surface area contributed by atoms with Crippen molar-refractivity contribution in [1.29, 1.82) is 0 Å². The summed E-state index contributed by atoms with van der Waals surface area (Å²) < 4.78 is 12.2. The molecule has 1 fully saturated rings. The van der Waals surface area contributed by atoms with Crippen LogP contribution in [0.3, 0.4) is 0 Å². The van der Waals surface area contributed by atoms with E-state index >= 15 is 0 Å². The summed E-state index contributed by atoms with van der Waals surface area (Å²) in [5.74, 6) is 0.491. The molecule has 0 saturated carbocycles. The van der Waals surface area contributed by atoms with Gasteiger partial charge in [-0.05, 0) is 48.7 Å². The van der Waals surface area contributed by atoms with Gasteiger partial charge >= 0.3 is 0 Å². The highest BCUT2D eigenvalue weighted by Gasteiger charge is 2.30. The van der Waals surface area contributed by atoms with Gasteiger partial charge in [0.2, 0.25) is 0 Å². The fourth-order valence-corrected chi connectivity index (χ4v) is 4.69. The van der Waals surface area contributed by atoms with Gasteiger partial charge in [-0.3, -0.25) is 4.99 Å². The van der Waals surface area contributed by atoms with Gasteiger partial charge in [-0.15, -0.1) is 0 Å². The van der Waals surface area contributed by atoms with E-state index in [0.717, 1.165) is 54.0 Å². The van der Waals surface area contributed by atoms with Gasteiger partial charge in [0.15, 0.2) is 0 Å². The number of fused-ring (bicyclic) bond motifs is 1. The lowest BCUT2D eigenvalue weighted by atomic mass is 10.0. The average Bonchev–Trinajstić information content (AvgIpc) is 2.75. The number of hydrogen-bond acceptors (Lipinski definition) is 4. The monoisotopic (exact) mass is 440 g/mol. The summed E-state index contributed by atoms with van der Waals surface area (Å²) in [6.45, 7) is 4.80. The molecule has 6 heteroatoms. The molecule has 31 heavy (non-hydrogen) atoms. The van der Waals surface area contributed by atoms with Crippen LogP contribution in [0.2, 0.25) is 5.02 Å². The van der Waals surface area contributed by atoms with Crippen molar-refractivity contribution in [1.82, 2.24) is 0 Å². The first-order valence-electron chi connectivity index (χ1n) is 10.7. The second-order valence-electron chi connectivity index (χ2n) is 8.96. The minimum Gasteiger partial charge on any atom is -0.858 e. The first kappa shape index (κ1) is 21.9. The Kier molecular flexibility index (Phi) is 6.37. The molecule has 4 rings (SSSR count). The summed E-state index contributed by atoms with van der Waals surface area (Å²) in [7, 11) is 4.55. The lowest BCUT2D eigenvalue weighted by molar-refractivity contribution is -0.929. The summed E-state index contributed by atoms with van der Waals surface area (Å²) >= 11 is 6.15. The zero-order valence-corrected chi connectivity index (χ0v) is 19.1. The van der Waals surface area contributed by atoms with Crippen LogP contribution in [0.25, 0.3) is 6.08 Å². The van der Waals surface area contributed by atoms with Crippen LogP contribution >= 0.6 is 11.6 Å². The number of rotatable bonds is 5. The quantitative estimate of drug-likeness (QED) is 0.396. The third-order valence-electron chi connectivity index (χ3n) is 6.18. The highest BCUT2D eigenvalue weighted by molar-refractivity contribution is 6.30. The lowest BCUT2D eigenvalue weighted by Crippen LogP contribution is -2.50. The highest BCUT2D eigenvalue weighted by Crippen LogP contribution is 2.33. The van der Waals surface area contributed by atoms with Gasteiger partial charge in [-0.1, -0.05) is 23.7 Å². The predicted octanol–water partition coefficient (Wildman–Crippen LogP) is 4.27. The van der Waals surface area contributed by atoms with Gasteiger partial charge in [-0.2, -0.15) is 0 Å². The summed E-state index contributed by atoms with van der Waals surface area (Å²) in [6.07, 6.45) is 4.02. The molecule has 0 aromatic heterocycles. The van der Waals surface area contributed by atoms with E-state index in [1.54, 1.807) is 0 Å². The lowest BCUT2D eigenvalue weighted by Gasteiger charge is -2.40. The number of ether oxygens (including phenoxy) is 2. The van der Waals surface area contributed by atoms with E-state index in [1.165, 1.54) is 5.56 Å². The third kappa shape index (κ3) is 5.12. The largest absolute Gasteiger partial charge is 0.858 e. The molecule has 0 atom stereocenters. The zero-order valence-electron chi connectivity index (χ0n) is 18.4. The van der Waals surface area contributed by atoms with Crippen molar-refractivity contribution in [2.45, 2.75) is 32.4 Å². The molecule has 0 spiro atoms. The molecule has 0 radical (unpaired) electrons. The molecule has 164 valence electrons. The minimum absolute atomic E-state index is 0.215. The first-order valence-corrected chi connectivity index (χ1v) is 11.1. The van der Waals surface area contributed by atoms with Gasteiger partial charge in [0, 0.05) is 34.6 Å². The Bertz CT molecular complexity index is 1010. The van der Waals surface area contributed by atoms with Crippen LogP contribution in [-0.4, -0.2) is 50.3 Å². The van der Waals surface area contributed by atoms with Crippen LogP contribution in [0, 0.1) is 6.92 Å². The molecule has 0 unspecified atom stereocenters. The summed E-state index contributed by atoms with van der Waals surface area (Å²) in [4.78, 5) is 4.29. The van der Waals surface area contributed by atoms with Crippen LogP contribution in [0.4, 0.5) is 5.69 Å².